The summed E-state index contributed by atoms with van der Waals surface area (Å²) in [6, 6.07) is 9.44. The minimum Gasteiger partial charge on any atom is -0.490 e. The van der Waals surface area contributed by atoms with E-state index in [2.05, 4.69) is 0 Å². The van der Waals surface area contributed by atoms with Crippen molar-refractivity contribution in [3.8, 4) is 11.5 Å². The number of nitrogens with zero attached hydrogens (tertiary/aromatic N) is 2. The highest BCUT2D eigenvalue weighted by Crippen LogP contribution is 2.39. The van der Waals surface area contributed by atoms with Gasteiger partial charge in [0.15, 0.2) is 11.5 Å². The predicted octanol–water partition coefficient (Wildman–Crippen LogP) is 3.67. The Morgan fingerprint density at radius 1 is 0.969 bits per heavy atom. The van der Waals surface area contributed by atoms with Crippen LogP contribution in [0.15, 0.2) is 39.9 Å². The molecule has 7 nitrogen and oxygen atoms in total. The number of hydrogen-bond acceptors (Lipinski definition) is 6. The lowest BCUT2D eigenvalue weighted by Crippen LogP contribution is -2.44. The van der Waals surface area contributed by atoms with E-state index in [1.807, 2.05) is 23.1 Å². The number of thiophene rings is 1. The molecule has 1 unspecified atom stereocenters. The first-order chi connectivity index (χ1) is 15.5. The van der Waals surface area contributed by atoms with Crippen LogP contribution in [0, 0.1) is 5.92 Å². The monoisotopic (exact) mass is 476 g/mol. The van der Waals surface area contributed by atoms with Crippen LogP contribution in [-0.4, -0.2) is 56.4 Å². The summed E-state index contributed by atoms with van der Waals surface area (Å²) < 4.78 is 39.0. The SMILES string of the molecule is O=C(C1CCN(S(=O)(=O)c2cccs2)CC1)N1CCCC1c1ccc2c(c1)OCCCO2. The van der Waals surface area contributed by atoms with Crippen molar-refractivity contribution in [3.05, 3.63) is 41.3 Å². The first-order valence-corrected chi connectivity index (χ1v) is 13.6. The van der Waals surface area contributed by atoms with Gasteiger partial charge in [-0.3, -0.25) is 4.79 Å². The third-order valence-corrected chi connectivity index (χ3v) is 9.86. The molecule has 4 heterocycles. The van der Waals surface area contributed by atoms with Gasteiger partial charge in [0, 0.05) is 32.0 Å². The van der Waals surface area contributed by atoms with Gasteiger partial charge in [-0.15, -0.1) is 11.3 Å². The van der Waals surface area contributed by atoms with Gasteiger partial charge >= 0.3 is 0 Å². The summed E-state index contributed by atoms with van der Waals surface area (Å²) >= 11 is 1.24. The third-order valence-electron chi connectivity index (χ3n) is 6.58. The van der Waals surface area contributed by atoms with Crippen molar-refractivity contribution < 1.29 is 22.7 Å². The van der Waals surface area contributed by atoms with Gasteiger partial charge in [0.25, 0.3) is 10.0 Å². The zero-order valence-electron chi connectivity index (χ0n) is 17.9. The fraction of sp³-hybridized carbons (Fsp3) is 0.522. The van der Waals surface area contributed by atoms with E-state index in [1.54, 1.807) is 17.5 Å². The van der Waals surface area contributed by atoms with Gasteiger partial charge in [0.1, 0.15) is 4.21 Å². The molecular weight excluding hydrogens is 448 g/mol. The summed E-state index contributed by atoms with van der Waals surface area (Å²) in [5.41, 5.74) is 1.08. The molecule has 1 aromatic carbocycles. The number of benzene rings is 1. The number of fused-ring (bicyclic) bond motifs is 1. The largest absolute Gasteiger partial charge is 0.490 e. The van der Waals surface area contributed by atoms with E-state index in [4.69, 9.17) is 9.47 Å². The van der Waals surface area contributed by atoms with E-state index in [0.29, 0.717) is 43.4 Å². The van der Waals surface area contributed by atoms with Crippen molar-refractivity contribution in [1.29, 1.82) is 0 Å². The van der Waals surface area contributed by atoms with Gasteiger partial charge in [0.2, 0.25) is 5.91 Å². The van der Waals surface area contributed by atoms with Crippen LogP contribution < -0.4 is 9.47 Å². The average molecular weight is 477 g/mol. The Kier molecular flexibility index (Phi) is 6.14. The molecule has 2 saturated heterocycles. The summed E-state index contributed by atoms with van der Waals surface area (Å²) in [7, 11) is -3.45. The zero-order chi connectivity index (χ0) is 22.1. The van der Waals surface area contributed by atoms with E-state index >= 15 is 0 Å². The van der Waals surface area contributed by atoms with E-state index in [-0.39, 0.29) is 17.9 Å². The van der Waals surface area contributed by atoms with Gasteiger partial charge < -0.3 is 14.4 Å². The van der Waals surface area contributed by atoms with Crippen molar-refractivity contribution in [2.75, 3.05) is 32.8 Å². The highest BCUT2D eigenvalue weighted by Gasteiger charge is 2.38. The fourth-order valence-electron chi connectivity index (χ4n) is 4.88. The topological polar surface area (TPSA) is 76.2 Å². The highest BCUT2D eigenvalue weighted by molar-refractivity contribution is 7.91. The van der Waals surface area contributed by atoms with Gasteiger partial charge in [-0.1, -0.05) is 12.1 Å². The van der Waals surface area contributed by atoms with Crippen molar-refractivity contribution in [2.24, 2.45) is 5.92 Å². The number of sulfonamides is 1. The molecule has 0 aliphatic carbocycles. The standard InChI is InChI=1S/C23H28N2O5S2/c26-23(17-8-11-24(12-9-17)32(27,28)22-5-2-15-31-22)25-10-1-4-19(25)18-6-7-20-21(16-18)30-14-3-13-29-20/h2,5-7,15-17,19H,1,3-4,8-14H2. The van der Waals surface area contributed by atoms with Crippen molar-refractivity contribution in [3.63, 3.8) is 0 Å². The predicted molar refractivity (Wildman–Crippen MR) is 122 cm³/mol. The van der Waals surface area contributed by atoms with E-state index < -0.39 is 10.0 Å². The molecule has 172 valence electrons. The lowest BCUT2D eigenvalue weighted by atomic mass is 9.95. The molecule has 0 radical (unpaired) electrons. The van der Waals surface area contributed by atoms with Gasteiger partial charge in [-0.2, -0.15) is 4.31 Å². The minimum atomic E-state index is -3.45. The molecule has 3 aliphatic heterocycles. The molecule has 0 N–H and O–H groups in total. The Morgan fingerprint density at radius 2 is 1.75 bits per heavy atom. The normalized spacial score (nSPS) is 22.6. The molecule has 9 heteroatoms. The minimum absolute atomic E-state index is 0.0348. The summed E-state index contributed by atoms with van der Waals surface area (Å²) in [6.07, 6.45) is 3.88. The smallest absolute Gasteiger partial charge is 0.252 e. The second-order valence-electron chi connectivity index (χ2n) is 8.56. The maximum Gasteiger partial charge on any atom is 0.252 e. The van der Waals surface area contributed by atoms with Crippen molar-refractivity contribution in [2.45, 2.75) is 42.4 Å². The number of hydrogen-bond donors (Lipinski definition) is 0. The molecule has 5 rings (SSSR count). The van der Waals surface area contributed by atoms with Gasteiger partial charge in [0.05, 0.1) is 19.3 Å². The molecule has 1 amide bonds. The maximum absolute atomic E-state index is 13.4. The van der Waals surface area contributed by atoms with Crippen molar-refractivity contribution >= 4 is 27.3 Å². The molecule has 2 aromatic rings. The summed E-state index contributed by atoms with van der Waals surface area (Å²) in [6.45, 7) is 2.81. The van der Waals surface area contributed by atoms with Crippen molar-refractivity contribution in [1.82, 2.24) is 9.21 Å². The Labute approximate surface area is 193 Å². The molecule has 1 aromatic heterocycles. The summed E-state index contributed by atoms with van der Waals surface area (Å²) in [5.74, 6) is 1.53. The summed E-state index contributed by atoms with van der Waals surface area (Å²) in [5, 5.41) is 1.77. The fourth-order valence-corrected chi connectivity index (χ4v) is 7.49. The number of likely N-dealkylation sites (tertiary alicyclic amines) is 1. The third kappa shape index (κ3) is 4.13. The molecule has 0 saturated carbocycles. The van der Waals surface area contributed by atoms with E-state index in [0.717, 1.165) is 42.9 Å². The number of amides is 1. The average Bonchev–Trinajstić information content (AvgIpc) is 3.48. The van der Waals surface area contributed by atoms with Crippen LogP contribution in [0.5, 0.6) is 11.5 Å². The molecule has 1 atom stereocenters. The van der Waals surface area contributed by atoms with Crippen LogP contribution in [0.1, 0.15) is 43.7 Å². The Balaban J connectivity index is 1.26. The lowest BCUT2D eigenvalue weighted by molar-refractivity contribution is -0.137. The Hall–Kier alpha value is -2.10. The first kappa shape index (κ1) is 21.7. The van der Waals surface area contributed by atoms with Crippen LogP contribution in [0.4, 0.5) is 0 Å². The lowest BCUT2D eigenvalue weighted by Gasteiger charge is -2.34. The molecule has 0 spiro atoms. The number of carbonyl (C=O) groups is 1. The molecular formula is C23H28N2O5S2. The number of rotatable bonds is 4. The Bertz CT molecular complexity index is 1060. The molecule has 2 fully saturated rings. The van der Waals surface area contributed by atoms with Gasteiger partial charge in [-0.25, -0.2) is 8.42 Å². The van der Waals surface area contributed by atoms with E-state index in [9.17, 15) is 13.2 Å². The van der Waals surface area contributed by atoms with Crippen LogP contribution in [0.2, 0.25) is 0 Å². The molecule has 0 bridgehead atoms. The zero-order valence-corrected chi connectivity index (χ0v) is 19.6. The van der Waals surface area contributed by atoms with Crippen LogP contribution >= 0.6 is 11.3 Å². The number of carbonyl (C=O) groups excluding carboxylic acids is 1. The van der Waals surface area contributed by atoms with Crippen LogP contribution in [0.3, 0.4) is 0 Å². The van der Waals surface area contributed by atoms with E-state index in [1.165, 1.54) is 15.6 Å². The van der Waals surface area contributed by atoms with Crippen LogP contribution in [0.25, 0.3) is 0 Å². The van der Waals surface area contributed by atoms with Crippen LogP contribution in [-0.2, 0) is 14.8 Å². The molecule has 3 aliphatic rings. The number of piperidine rings is 1. The number of ether oxygens (including phenoxy) is 2. The molecule has 32 heavy (non-hydrogen) atoms. The highest BCUT2D eigenvalue weighted by atomic mass is 32.2. The van der Waals surface area contributed by atoms with Gasteiger partial charge in [-0.05, 0) is 54.8 Å². The second kappa shape index (κ2) is 9.03. The summed E-state index contributed by atoms with van der Waals surface area (Å²) in [4.78, 5) is 15.4. The maximum atomic E-state index is 13.4. The first-order valence-electron chi connectivity index (χ1n) is 11.3. The quantitative estimate of drug-likeness (QED) is 0.673. The second-order valence-corrected chi connectivity index (χ2v) is 11.7. The Morgan fingerprint density at radius 3 is 2.50 bits per heavy atom.